The van der Waals surface area contributed by atoms with Gasteiger partial charge < -0.3 is 15.1 Å². The second kappa shape index (κ2) is 9.63. The molecule has 0 saturated carbocycles. The topological polar surface area (TPSA) is 83.4 Å². The molecule has 6 heteroatoms. The largest absolute Gasteiger partial charge is 0.421 e. The number of urea groups is 1. The Labute approximate surface area is 179 Å². The highest BCUT2D eigenvalue weighted by Crippen LogP contribution is 2.29. The fraction of sp³-hybridized carbons (Fsp3) is 0.120. The lowest BCUT2D eigenvalue weighted by Gasteiger charge is -2.15. The number of anilines is 2. The van der Waals surface area contributed by atoms with Gasteiger partial charge in [0, 0.05) is 18.5 Å². The van der Waals surface area contributed by atoms with E-state index in [1.54, 1.807) is 12.1 Å². The molecule has 0 unspecified atom stereocenters. The van der Waals surface area contributed by atoms with Crippen molar-refractivity contribution in [3.05, 3.63) is 106 Å². The summed E-state index contributed by atoms with van der Waals surface area (Å²) < 4.78 is 5.42. The summed E-state index contributed by atoms with van der Waals surface area (Å²) in [4.78, 5) is 25.1. The third-order valence-corrected chi connectivity index (χ3v) is 4.91. The van der Waals surface area contributed by atoms with Gasteiger partial charge in [-0.3, -0.25) is 5.32 Å². The molecule has 156 valence electrons. The fourth-order valence-corrected chi connectivity index (χ4v) is 3.36. The highest BCUT2D eigenvalue weighted by Gasteiger charge is 2.16. The van der Waals surface area contributed by atoms with Crippen molar-refractivity contribution in [3.63, 3.8) is 0 Å². The Bertz CT molecular complexity index is 1220. The lowest BCUT2D eigenvalue weighted by molar-refractivity contribution is 0.252. The van der Waals surface area contributed by atoms with E-state index in [-0.39, 0.29) is 5.69 Å². The zero-order valence-electron chi connectivity index (χ0n) is 16.9. The number of benzene rings is 3. The zero-order chi connectivity index (χ0) is 21.5. The molecule has 1 heterocycles. The minimum absolute atomic E-state index is 0.0897. The number of amides is 2. The molecule has 0 atom stereocenters. The first-order valence-electron chi connectivity index (χ1n) is 10.1. The van der Waals surface area contributed by atoms with Crippen molar-refractivity contribution in [1.82, 2.24) is 5.32 Å². The molecule has 0 spiro atoms. The molecule has 0 saturated heterocycles. The molecule has 31 heavy (non-hydrogen) atoms. The standard InChI is InChI=1S/C25H23N3O3/c29-24-23(28-25(30)26-16-15-18-9-3-1-4-10-18)22(20-13-7-8-14-21(20)31-24)27-17-19-11-5-2-6-12-19/h1-14,27H,15-17H2,(H2,26,28,30). The maximum Gasteiger partial charge on any atom is 0.362 e. The highest BCUT2D eigenvalue weighted by atomic mass is 16.4. The lowest BCUT2D eigenvalue weighted by atomic mass is 10.1. The van der Waals surface area contributed by atoms with E-state index in [0.29, 0.717) is 30.8 Å². The van der Waals surface area contributed by atoms with Gasteiger partial charge in [0.2, 0.25) is 0 Å². The number of hydrogen-bond acceptors (Lipinski definition) is 4. The van der Waals surface area contributed by atoms with Gasteiger partial charge in [0.1, 0.15) is 5.58 Å². The van der Waals surface area contributed by atoms with E-state index in [1.165, 1.54) is 0 Å². The van der Waals surface area contributed by atoms with Crippen molar-refractivity contribution in [2.75, 3.05) is 17.2 Å². The van der Waals surface area contributed by atoms with Crippen LogP contribution in [-0.2, 0) is 13.0 Å². The number of carbonyl (C=O) groups excluding carboxylic acids is 1. The van der Waals surface area contributed by atoms with Crippen molar-refractivity contribution in [3.8, 4) is 0 Å². The van der Waals surface area contributed by atoms with Gasteiger partial charge in [0.05, 0.1) is 5.69 Å². The van der Waals surface area contributed by atoms with Crippen LogP contribution in [0, 0.1) is 0 Å². The van der Waals surface area contributed by atoms with Crippen molar-refractivity contribution in [2.45, 2.75) is 13.0 Å². The van der Waals surface area contributed by atoms with E-state index < -0.39 is 11.7 Å². The maximum absolute atomic E-state index is 12.6. The zero-order valence-corrected chi connectivity index (χ0v) is 16.9. The van der Waals surface area contributed by atoms with Gasteiger partial charge in [-0.25, -0.2) is 9.59 Å². The number of rotatable bonds is 7. The molecule has 4 aromatic rings. The minimum Gasteiger partial charge on any atom is -0.421 e. The van der Waals surface area contributed by atoms with E-state index in [0.717, 1.165) is 16.5 Å². The third kappa shape index (κ3) is 5.11. The summed E-state index contributed by atoms with van der Waals surface area (Å²) in [5.74, 6) is 0. The molecule has 0 aliphatic rings. The Morgan fingerprint density at radius 2 is 1.42 bits per heavy atom. The maximum atomic E-state index is 12.6. The summed E-state index contributed by atoms with van der Waals surface area (Å²) in [6, 6.07) is 26.5. The van der Waals surface area contributed by atoms with E-state index in [2.05, 4.69) is 16.0 Å². The average molecular weight is 413 g/mol. The molecule has 0 bridgehead atoms. The van der Waals surface area contributed by atoms with Gasteiger partial charge in [0.25, 0.3) is 0 Å². The Hall–Kier alpha value is -4.06. The molecule has 0 fully saturated rings. The van der Waals surface area contributed by atoms with Crippen LogP contribution in [0.3, 0.4) is 0 Å². The Morgan fingerprint density at radius 1 is 0.774 bits per heavy atom. The van der Waals surface area contributed by atoms with E-state index >= 15 is 0 Å². The SMILES string of the molecule is O=C(NCCc1ccccc1)Nc1c(NCc2ccccc2)c2ccccc2oc1=O. The smallest absolute Gasteiger partial charge is 0.362 e. The van der Waals surface area contributed by atoms with Crippen LogP contribution in [0.2, 0.25) is 0 Å². The van der Waals surface area contributed by atoms with Crippen LogP contribution >= 0.6 is 0 Å². The van der Waals surface area contributed by atoms with E-state index in [1.807, 2.05) is 72.8 Å². The minimum atomic E-state index is -0.604. The van der Waals surface area contributed by atoms with Crippen LogP contribution in [0.15, 0.2) is 94.1 Å². The van der Waals surface area contributed by atoms with Crippen LogP contribution < -0.4 is 21.6 Å². The summed E-state index contributed by atoms with van der Waals surface area (Å²) >= 11 is 0. The summed E-state index contributed by atoms with van der Waals surface area (Å²) in [5, 5.41) is 9.49. The predicted molar refractivity (Wildman–Crippen MR) is 123 cm³/mol. The molecule has 4 rings (SSSR count). The summed E-state index contributed by atoms with van der Waals surface area (Å²) in [6.45, 7) is 0.945. The Kier molecular flexibility index (Phi) is 6.28. The molecule has 6 nitrogen and oxygen atoms in total. The number of fused-ring (bicyclic) bond motifs is 1. The Balaban J connectivity index is 1.53. The second-order valence-corrected chi connectivity index (χ2v) is 7.09. The Morgan fingerprint density at radius 3 is 2.16 bits per heavy atom. The first-order chi connectivity index (χ1) is 15.2. The number of para-hydroxylation sites is 1. The van der Waals surface area contributed by atoms with E-state index in [4.69, 9.17) is 4.42 Å². The monoisotopic (exact) mass is 413 g/mol. The van der Waals surface area contributed by atoms with Gasteiger partial charge in [0.15, 0.2) is 5.69 Å². The second-order valence-electron chi connectivity index (χ2n) is 7.09. The quantitative estimate of drug-likeness (QED) is 0.381. The van der Waals surface area contributed by atoms with Crippen LogP contribution in [-0.4, -0.2) is 12.6 Å². The molecular formula is C25H23N3O3. The van der Waals surface area contributed by atoms with Gasteiger partial charge in [-0.05, 0) is 29.7 Å². The number of carbonyl (C=O) groups is 1. The van der Waals surface area contributed by atoms with Gasteiger partial charge in [-0.2, -0.15) is 0 Å². The summed E-state index contributed by atoms with van der Waals surface area (Å²) in [6.07, 6.45) is 0.694. The predicted octanol–water partition coefficient (Wildman–Crippen LogP) is 4.77. The normalized spacial score (nSPS) is 10.6. The first kappa shape index (κ1) is 20.2. The van der Waals surface area contributed by atoms with Crippen LogP contribution in [0.5, 0.6) is 0 Å². The van der Waals surface area contributed by atoms with Crippen molar-refractivity contribution in [1.29, 1.82) is 0 Å². The van der Waals surface area contributed by atoms with Crippen LogP contribution in [0.1, 0.15) is 11.1 Å². The van der Waals surface area contributed by atoms with Gasteiger partial charge >= 0.3 is 11.7 Å². The average Bonchev–Trinajstić information content (AvgIpc) is 2.80. The first-order valence-corrected chi connectivity index (χ1v) is 10.1. The molecular weight excluding hydrogens is 390 g/mol. The van der Waals surface area contributed by atoms with Crippen molar-refractivity contribution < 1.29 is 9.21 Å². The fourth-order valence-electron chi connectivity index (χ4n) is 3.36. The molecule has 3 N–H and O–H groups in total. The molecule has 1 aromatic heterocycles. The third-order valence-electron chi connectivity index (χ3n) is 4.91. The van der Waals surface area contributed by atoms with Gasteiger partial charge in [-0.1, -0.05) is 72.8 Å². The molecule has 0 aliphatic heterocycles. The summed E-state index contributed by atoms with van der Waals surface area (Å²) in [5.41, 5.74) is 2.66. The lowest BCUT2D eigenvalue weighted by Crippen LogP contribution is -2.32. The van der Waals surface area contributed by atoms with Crippen LogP contribution in [0.25, 0.3) is 11.0 Å². The van der Waals surface area contributed by atoms with Gasteiger partial charge in [-0.15, -0.1) is 0 Å². The number of nitrogens with one attached hydrogen (secondary N) is 3. The molecule has 0 aliphatic carbocycles. The van der Waals surface area contributed by atoms with Crippen LogP contribution in [0.4, 0.5) is 16.2 Å². The van der Waals surface area contributed by atoms with Crippen molar-refractivity contribution in [2.24, 2.45) is 0 Å². The summed E-state index contributed by atoms with van der Waals surface area (Å²) in [7, 11) is 0. The van der Waals surface area contributed by atoms with E-state index in [9.17, 15) is 9.59 Å². The molecule has 3 aromatic carbocycles. The molecule has 0 radical (unpaired) electrons. The van der Waals surface area contributed by atoms with Crippen molar-refractivity contribution >= 4 is 28.4 Å². The number of hydrogen-bond donors (Lipinski definition) is 3. The highest BCUT2D eigenvalue weighted by molar-refractivity contribution is 6.01. The molecule has 2 amide bonds.